The van der Waals surface area contributed by atoms with Gasteiger partial charge in [0.1, 0.15) is 19.3 Å². The van der Waals surface area contributed by atoms with Gasteiger partial charge in [0.05, 0.1) is 26.4 Å². The molecule has 2 unspecified atom stereocenters. The van der Waals surface area contributed by atoms with E-state index in [0.717, 1.165) is 115 Å². The van der Waals surface area contributed by atoms with Gasteiger partial charge in [0.25, 0.3) is 0 Å². The zero-order valence-corrected chi connectivity index (χ0v) is 64.7. The van der Waals surface area contributed by atoms with E-state index in [-0.39, 0.29) is 25.7 Å². The lowest BCUT2D eigenvalue weighted by Crippen LogP contribution is -2.30. The maximum atomic E-state index is 13.1. The van der Waals surface area contributed by atoms with Gasteiger partial charge in [-0.15, -0.1) is 0 Å². The summed E-state index contributed by atoms with van der Waals surface area (Å²) in [4.78, 5) is 72.9. The fourth-order valence-corrected chi connectivity index (χ4v) is 13.0. The number of ether oxygens (including phenoxy) is 4. The summed E-state index contributed by atoms with van der Waals surface area (Å²) in [6.07, 6.45) is 60.3. The van der Waals surface area contributed by atoms with E-state index >= 15 is 0 Å². The first-order chi connectivity index (χ1) is 46.9. The smallest absolute Gasteiger partial charge is 0.462 e. The number of phosphoric acid groups is 2. The molecule has 0 spiro atoms. The van der Waals surface area contributed by atoms with Gasteiger partial charge in [-0.2, -0.15) is 0 Å². The van der Waals surface area contributed by atoms with Gasteiger partial charge in [-0.05, 0) is 63.2 Å². The standard InChI is InChI=1S/C78H148O17P2/c1-7-9-11-13-15-17-19-21-23-25-31-37-44-50-56-62-77(82)94-73(66-88-75(80)60-54-48-42-36-30-28-27-29-34-40-46-52-58-70(3)4)68-92-96(84,85)90-64-72(79)65-91-97(86,87)93-69-74(67-89-76(81)61-55-49-43-39-33-35-41-47-53-59-71(5)6)95-78(83)63-57-51-45-38-32-26-24-22-20-18-16-14-12-10-8-2/h17,19,21,23,70-74,79H,7-16,18,20,22,24-69H2,1-6H3,(H,84,85)(H,86,87)/b19-17-,23-21-/t72-,73-,74-/m1/s1. The molecule has 0 aromatic heterocycles. The van der Waals surface area contributed by atoms with E-state index in [1.807, 2.05) is 0 Å². The first kappa shape index (κ1) is 94.5. The van der Waals surface area contributed by atoms with Crippen LogP contribution in [0.1, 0.15) is 382 Å². The summed E-state index contributed by atoms with van der Waals surface area (Å²) >= 11 is 0. The molecule has 0 saturated heterocycles. The lowest BCUT2D eigenvalue weighted by Gasteiger charge is -2.21. The van der Waals surface area contributed by atoms with Crippen LogP contribution < -0.4 is 0 Å². The molecule has 0 amide bonds. The Balaban J connectivity index is 5.30. The van der Waals surface area contributed by atoms with Gasteiger partial charge in [0, 0.05) is 25.7 Å². The Bertz CT molecular complexity index is 1970. The number of allylic oxidation sites excluding steroid dienone is 4. The molecule has 19 heteroatoms. The van der Waals surface area contributed by atoms with E-state index in [9.17, 15) is 43.2 Å². The first-order valence-corrected chi connectivity index (χ1v) is 42.8. The maximum absolute atomic E-state index is 13.1. The van der Waals surface area contributed by atoms with E-state index in [0.29, 0.717) is 25.7 Å². The molecular weight excluding hydrogens is 1270 g/mol. The minimum absolute atomic E-state index is 0.0851. The second kappa shape index (κ2) is 69.3. The molecule has 0 aliphatic rings. The van der Waals surface area contributed by atoms with Crippen molar-refractivity contribution in [3.8, 4) is 0 Å². The van der Waals surface area contributed by atoms with Crippen LogP contribution in [0.5, 0.6) is 0 Å². The predicted octanol–water partition coefficient (Wildman–Crippen LogP) is 22.7. The molecule has 0 aliphatic heterocycles. The van der Waals surface area contributed by atoms with Gasteiger partial charge < -0.3 is 33.8 Å². The van der Waals surface area contributed by atoms with Crippen LogP contribution in [-0.2, 0) is 65.4 Å². The number of aliphatic hydroxyl groups is 1. The number of rotatable bonds is 75. The average Bonchev–Trinajstić information content (AvgIpc) is 1.19. The number of carbonyl (C=O) groups is 4. The number of aliphatic hydroxyl groups excluding tert-OH is 1. The molecule has 0 aromatic carbocycles. The molecule has 0 saturated carbocycles. The summed E-state index contributed by atoms with van der Waals surface area (Å²) in [5.74, 6) is -0.620. The van der Waals surface area contributed by atoms with Crippen LogP contribution in [0.2, 0.25) is 0 Å². The van der Waals surface area contributed by atoms with Crippen molar-refractivity contribution in [2.45, 2.75) is 400 Å². The molecular formula is C78H148O17P2. The molecule has 0 heterocycles. The predicted molar refractivity (Wildman–Crippen MR) is 395 cm³/mol. The first-order valence-electron chi connectivity index (χ1n) is 39.8. The third-order valence-corrected chi connectivity index (χ3v) is 19.5. The maximum Gasteiger partial charge on any atom is 0.472 e. The van der Waals surface area contributed by atoms with Gasteiger partial charge in [0.2, 0.25) is 0 Å². The highest BCUT2D eigenvalue weighted by Crippen LogP contribution is 2.45. The second-order valence-electron chi connectivity index (χ2n) is 28.4. The van der Waals surface area contributed by atoms with Crippen molar-refractivity contribution in [3.63, 3.8) is 0 Å². The Morgan fingerprint density at radius 3 is 0.845 bits per heavy atom. The van der Waals surface area contributed by atoms with E-state index in [1.165, 1.54) is 186 Å². The Kier molecular flexibility index (Phi) is 67.5. The fourth-order valence-electron chi connectivity index (χ4n) is 11.5. The monoisotopic (exact) mass is 1420 g/mol. The number of esters is 4. The largest absolute Gasteiger partial charge is 0.472 e. The van der Waals surface area contributed by atoms with Crippen molar-refractivity contribution < 1.29 is 80.2 Å². The Hall–Kier alpha value is -2.46. The van der Waals surface area contributed by atoms with E-state index in [2.05, 4.69) is 65.8 Å². The van der Waals surface area contributed by atoms with Gasteiger partial charge in [0.15, 0.2) is 12.2 Å². The van der Waals surface area contributed by atoms with Crippen LogP contribution in [0.15, 0.2) is 24.3 Å². The van der Waals surface area contributed by atoms with Crippen LogP contribution in [0.4, 0.5) is 0 Å². The van der Waals surface area contributed by atoms with Crippen LogP contribution in [0.25, 0.3) is 0 Å². The molecule has 0 bridgehead atoms. The highest BCUT2D eigenvalue weighted by atomic mass is 31.2. The highest BCUT2D eigenvalue weighted by Gasteiger charge is 2.30. The van der Waals surface area contributed by atoms with Crippen molar-refractivity contribution >= 4 is 39.5 Å². The lowest BCUT2D eigenvalue weighted by molar-refractivity contribution is -0.161. The van der Waals surface area contributed by atoms with Gasteiger partial charge >= 0.3 is 39.5 Å². The lowest BCUT2D eigenvalue weighted by atomic mass is 10.0. The second-order valence-corrected chi connectivity index (χ2v) is 31.3. The molecule has 97 heavy (non-hydrogen) atoms. The van der Waals surface area contributed by atoms with Gasteiger partial charge in [-0.25, -0.2) is 9.13 Å². The molecule has 572 valence electrons. The number of carbonyl (C=O) groups excluding carboxylic acids is 4. The normalized spacial score (nSPS) is 14.1. The summed E-state index contributed by atoms with van der Waals surface area (Å²) in [6, 6.07) is 0. The van der Waals surface area contributed by atoms with E-state index in [1.54, 1.807) is 0 Å². The molecule has 17 nitrogen and oxygen atoms in total. The number of unbranched alkanes of at least 4 members (excludes halogenated alkanes) is 42. The van der Waals surface area contributed by atoms with Gasteiger partial charge in [-0.1, -0.05) is 329 Å². The van der Waals surface area contributed by atoms with Crippen LogP contribution in [0, 0.1) is 11.8 Å². The molecule has 0 rings (SSSR count). The quantitative estimate of drug-likeness (QED) is 0.0169. The average molecular weight is 1420 g/mol. The summed E-state index contributed by atoms with van der Waals surface area (Å²) in [5.41, 5.74) is 0. The minimum atomic E-state index is -4.97. The summed E-state index contributed by atoms with van der Waals surface area (Å²) in [6.45, 7) is 9.54. The SMILES string of the molecule is CCCCCC/C=C\C=C/CCCCCCCC(=O)O[C@H](COC(=O)CCCCCCCCCCCCCCC(C)C)COP(=O)(O)OC[C@@H](O)COP(=O)(O)OC[C@@H](COC(=O)CCCCCCCCCCCC(C)C)OC(=O)CCCCCCCCCCCCCCCCC. The van der Waals surface area contributed by atoms with Crippen molar-refractivity contribution in [1.29, 1.82) is 0 Å². The van der Waals surface area contributed by atoms with Crippen molar-refractivity contribution in [3.05, 3.63) is 24.3 Å². The molecule has 5 atom stereocenters. The summed E-state index contributed by atoms with van der Waals surface area (Å²) in [7, 11) is -9.93. The molecule has 0 fully saturated rings. The summed E-state index contributed by atoms with van der Waals surface area (Å²) < 4.78 is 68.6. The third-order valence-electron chi connectivity index (χ3n) is 17.6. The number of hydrogen-bond acceptors (Lipinski definition) is 15. The fraction of sp³-hybridized carbons (Fsp3) is 0.897. The summed E-state index contributed by atoms with van der Waals surface area (Å²) in [5, 5.41) is 10.6. The molecule has 0 aliphatic carbocycles. The zero-order chi connectivity index (χ0) is 71.4. The minimum Gasteiger partial charge on any atom is -0.462 e. The van der Waals surface area contributed by atoms with E-state index < -0.39 is 97.5 Å². The highest BCUT2D eigenvalue weighted by molar-refractivity contribution is 7.47. The molecule has 3 N–H and O–H groups in total. The number of hydrogen-bond donors (Lipinski definition) is 3. The Morgan fingerprint density at radius 1 is 0.320 bits per heavy atom. The third kappa shape index (κ3) is 71.7. The number of phosphoric ester groups is 2. The van der Waals surface area contributed by atoms with Crippen molar-refractivity contribution in [1.82, 2.24) is 0 Å². The zero-order valence-electron chi connectivity index (χ0n) is 62.9. The van der Waals surface area contributed by atoms with Crippen molar-refractivity contribution in [2.75, 3.05) is 39.6 Å². The van der Waals surface area contributed by atoms with Gasteiger partial charge in [-0.3, -0.25) is 37.3 Å². The molecule has 0 radical (unpaired) electrons. The topological polar surface area (TPSA) is 237 Å². The van der Waals surface area contributed by atoms with E-state index in [4.69, 9.17) is 37.0 Å². The van der Waals surface area contributed by atoms with Crippen LogP contribution in [-0.4, -0.2) is 96.7 Å². The van der Waals surface area contributed by atoms with Crippen molar-refractivity contribution in [2.24, 2.45) is 11.8 Å². The van der Waals surface area contributed by atoms with Crippen LogP contribution >= 0.6 is 15.6 Å². The Morgan fingerprint density at radius 2 is 0.557 bits per heavy atom. The Labute approximate surface area is 592 Å². The molecule has 0 aromatic rings. The van der Waals surface area contributed by atoms with Crippen LogP contribution in [0.3, 0.4) is 0 Å².